The van der Waals surface area contributed by atoms with E-state index in [1.807, 2.05) is 125 Å². The standard InChI is InChI=1S/C63H89N5O9/c1-32(38-26-41(56(7,8)9)50(72)42(27-38)57(10,11)12)47(69)35(4)62-53(75)67(36(5)48(70)33(2)39-28-43(58(13,14)15)51(73)44(29-39)59(16,17)18)55(77)68(63(62,64-25)66-54(76)65-62)37(6)49(71)34(3)40-30-45(60(19,20)21)52(74)46(31-40)61(22,23)24/h26-37,72-74H,1-24H3,(H2,65,66,76). The van der Waals surface area contributed by atoms with Gasteiger partial charge < -0.3 is 20.6 Å². The third-order valence-electron chi connectivity index (χ3n) is 16.3. The van der Waals surface area contributed by atoms with Crippen molar-refractivity contribution in [3.05, 3.63) is 97.9 Å². The number of rotatable bonds is 12. The number of imide groups is 1. The van der Waals surface area contributed by atoms with Gasteiger partial charge in [0.1, 0.15) is 23.0 Å². The Labute approximate surface area is 459 Å². The Bertz CT molecular complexity index is 2850. The Morgan fingerprint density at radius 2 is 0.753 bits per heavy atom. The quantitative estimate of drug-likeness (QED) is 0.110. The second-order valence-corrected chi connectivity index (χ2v) is 28.3. The molecular weight excluding hydrogens is 971 g/mol. The summed E-state index contributed by atoms with van der Waals surface area (Å²) in [5, 5.41) is 40.2. The van der Waals surface area contributed by atoms with E-state index in [0.29, 0.717) is 55.0 Å². The summed E-state index contributed by atoms with van der Waals surface area (Å²) >= 11 is 0. The van der Waals surface area contributed by atoms with Gasteiger partial charge >= 0.3 is 17.8 Å². The van der Waals surface area contributed by atoms with Gasteiger partial charge in [-0.1, -0.05) is 189 Å². The molecule has 0 aromatic heterocycles. The average molecular weight is 1060 g/mol. The monoisotopic (exact) mass is 1060 g/mol. The van der Waals surface area contributed by atoms with Crippen LogP contribution in [0.2, 0.25) is 0 Å². The van der Waals surface area contributed by atoms with Crippen molar-refractivity contribution in [2.45, 2.75) is 240 Å². The van der Waals surface area contributed by atoms with Crippen LogP contribution >= 0.6 is 0 Å². The Balaban J connectivity index is 1.81. The maximum absolute atomic E-state index is 16.1. The first-order valence-corrected chi connectivity index (χ1v) is 27.1. The van der Waals surface area contributed by atoms with Crippen LogP contribution in [0.3, 0.4) is 0 Å². The second kappa shape index (κ2) is 19.9. The fourth-order valence-electron chi connectivity index (χ4n) is 11.3. The molecule has 8 unspecified atom stereocenters. The number of benzene rings is 3. The van der Waals surface area contributed by atoms with Gasteiger partial charge in [-0.05, 0) is 96.4 Å². The number of hydrogen-bond donors (Lipinski definition) is 5. The summed E-state index contributed by atoms with van der Waals surface area (Å²) in [5.74, 6) is -10.2. The number of amides is 5. The molecule has 77 heavy (non-hydrogen) atoms. The molecule has 2 heterocycles. The molecule has 5 N–H and O–H groups in total. The van der Waals surface area contributed by atoms with Gasteiger partial charge in [0.25, 0.3) is 11.4 Å². The fourth-order valence-corrected chi connectivity index (χ4v) is 11.3. The number of carbonyl (C=O) groups is 6. The lowest BCUT2D eigenvalue weighted by Gasteiger charge is -2.52. The molecule has 0 bridgehead atoms. The lowest BCUT2D eigenvalue weighted by atomic mass is 9.69. The molecule has 8 atom stereocenters. The molecule has 5 amide bonds. The van der Waals surface area contributed by atoms with Crippen LogP contribution < -0.4 is 10.6 Å². The molecule has 5 rings (SSSR count). The molecule has 3 aromatic carbocycles. The van der Waals surface area contributed by atoms with Gasteiger partial charge in [-0.15, -0.1) is 0 Å². The topological polar surface area (TPSA) is 198 Å². The summed E-state index contributed by atoms with van der Waals surface area (Å²) in [7, 11) is 0. The van der Waals surface area contributed by atoms with Crippen LogP contribution in [0.5, 0.6) is 17.2 Å². The van der Waals surface area contributed by atoms with E-state index in [9.17, 15) is 20.1 Å². The summed E-state index contributed by atoms with van der Waals surface area (Å²) in [6.45, 7) is 53.1. The number of carbonyl (C=O) groups excluding carboxylic acids is 6. The average Bonchev–Trinajstić information content (AvgIpc) is 3.61. The van der Waals surface area contributed by atoms with Gasteiger partial charge in [-0.25, -0.2) is 26.4 Å². The number of ketones is 3. The molecule has 0 aliphatic carbocycles. The molecule has 420 valence electrons. The summed E-state index contributed by atoms with van der Waals surface area (Å²) < 4.78 is 0. The number of Topliss-reactive ketones (excluding diaryl/α,β-unsaturated/α-hetero) is 3. The molecule has 2 saturated heterocycles. The lowest BCUT2D eigenvalue weighted by Crippen LogP contribution is -2.85. The van der Waals surface area contributed by atoms with Gasteiger partial charge in [0, 0.05) is 17.8 Å². The molecule has 2 aliphatic heterocycles. The number of nitrogens with one attached hydrogen (secondary N) is 2. The van der Waals surface area contributed by atoms with Gasteiger partial charge in [0.05, 0.1) is 18.0 Å². The number of phenols is 3. The van der Waals surface area contributed by atoms with Crippen molar-refractivity contribution in [2.75, 3.05) is 0 Å². The van der Waals surface area contributed by atoms with Crippen LogP contribution in [0, 0.1) is 12.5 Å². The Kier molecular flexibility index (Phi) is 15.9. The lowest BCUT2D eigenvalue weighted by molar-refractivity contribution is -0.160. The number of hydrogen-bond acceptors (Lipinski definition) is 9. The Morgan fingerprint density at radius 1 is 0.481 bits per heavy atom. The molecule has 14 heteroatoms. The van der Waals surface area contributed by atoms with Crippen LogP contribution in [0.1, 0.15) is 234 Å². The van der Waals surface area contributed by atoms with Crippen LogP contribution in [-0.4, -0.2) is 83.8 Å². The molecule has 0 spiro atoms. The summed E-state index contributed by atoms with van der Waals surface area (Å²) in [6, 6.07) is 5.02. The fraction of sp³-hybridized carbons (Fsp3) is 0.603. The van der Waals surface area contributed by atoms with Crippen molar-refractivity contribution in [3.8, 4) is 17.2 Å². The highest BCUT2D eigenvalue weighted by Gasteiger charge is 2.82. The maximum atomic E-state index is 16.1. The van der Waals surface area contributed by atoms with Gasteiger partial charge in [-0.2, -0.15) is 0 Å². The van der Waals surface area contributed by atoms with Crippen molar-refractivity contribution in [3.63, 3.8) is 0 Å². The van der Waals surface area contributed by atoms with Crippen molar-refractivity contribution in [1.29, 1.82) is 0 Å². The zero-order valence-electron chi connectivity index (χ0n) is 50.6. The van der Waals surface area contributed by atoms with E-state index in [-0.39, 0.29) is 17.2 Å². The van der Waals surface area contributed by atoms with Crippen LogP contribution in [0.4, 0.5) is 9.59 Å². The normalized spacial score (nSPS) is 21.1. The van der Waals surface area contributed by atoms with Gasteiger partial charge in [0.15, 0.2) is 11.6 Å². The Morgan fingerprint density at radius 3 is 1.03 bits per heavy atom. The zero-order valence-corrected chi connectivity index (χ0v) is 50.6. The summed E-state index contributed by atoms with van der Waals surface area (Å²) in [6.07, 6.45) is 0. The van der Waals surface area contributed by atoms with Gasteiger partial charge in [-0.3, -0.25) is 28.9 Å². The van der Waals surface area contributed by atoms with E-state index in [1.54, 1.807) is 57.2 Å². The van der Waals surface area contributed by atoms with E-state index >= 15 is 24.0 Å². The summed E-state index contributed by atoms with van der Waals surface area (Å²) in [5.41, 5.74) is -1.08. The van der Waals surface area contributed by atoms with E-state index < -0.39 is 115 Å². The number of nitrogens with zero attached hydrogens (tertiary/aromatic N) is 3. The van der Waals surface area contributed by atoms with E-state index in [4.69, 9.17) is 6.57 Å². The third kappa shape index (κ3) is 10.6. The van der Waals surface area contributed by atoms with Crippen LogP contribution in [-0.2, 0) is 51.7 Å². The first kappa shape index (κ1) is 61.6. The van der Waals surface area contributed by atoms with Crippen molar-refractivity contribution < 1.29 is 44.1 Å². The number of phenolic OH excluding ortho intramolecular Hbond substituents is 3. The molecule has 0 radical (unpaired) electrons. The molecule has 14 nitrogen and oxygen atoms in total. The zero-order chi connectivity index (χ0) is 59.4. The number of fused-ring (bicyclic) bond motifs is 1. The minimum absolute atomic E-state index is 0.0838. The minimum Gasteiger partial charge on any atom is -0.507 e. The van der Waals surface area contributed by atoms with Crippen LogP contribution in [0.15, 0.2) is 36.4 Å². The highest BCUT2D eigenvalue weighted by Crippen LogP contribution is 2.50. The van der Waals surface area contributed by atoms with Crippen LogP contribution in [0.25, 0.3) is 4.85 Å². The highest BCUT2D eigenvalue weighted by molar-refractivity contribution is 6.14. The molecule has 2 fully saturated rings. The SMILES string of the molecule is [C-]#[N+]C12NC(=O)NC1(C(C)C(=O)C(C)c1cc(C(C)(C)C)c(O)c(C(C)(C)C)c1)C(=O)N(C(C)C(=O)C(C)c1cc(C(C)(C)C)c(O)c(C(C)(C)C)c1)C(=O)N2C(C)C(=O)C(C)c1cc(C(C)(C)C)c(O)c(C(C)(C)C)c1. The molecular formula is C63H89N5O9. The largest absolute Gasteiger partial charge is 0.507 e. The minimum atomic E-state index is -2.75. The Hall–Kier alpha value is -6.23. The third-order valence-corrected chi connectivity index (χ3v) is 16.3. The smallest absolute Gasteiger partial charge is 0.429 e. The van der Waals surface area contributed by atoms with E-state index in [2.05, 4.69) is 15.5 Å². The number of aromatic hydroxyl groups is 3. The van der Waals surface area contributed by atoms with Crippen molar-refractivity contribution >= 4 is 35.3 Å². The van der Waals surface area contributed by atoms with Crippen molar-refractivity contribution in [2.24, 2.45) is 5.92 Å². The molecule has 3 aromatic rings. The molecule has 0 saturated carbocycles. The van der Waals surface area contributed by atoms with Gasteiger partial charge in [0.2, 0.25) is 0 Å². The predicted molar refractivity (Wildman–Crippen MR) is 303 cm³/mol. The maximum Gasteiger partial charge on any atom is 0.429 e. The predicted octanol–water partition coefficient (Wildman–Crippen LogP) is 12.3. The molecule has 2 aliphatic rings. The first-order chi connectivity index (χ1) is 34.7. The van der Waals surface area contributed by atoms with E-state index in [1.165, 1.54) is 20.8 Å². The van der Waals surface area contributed by atoms with Crippen molar-refractivity contribution in [1.82, 2.24) is 20.4 Å². The summed E-state index contributed by atoms with van der Waals surface area (Å²) in [4.78, 5) is 98.0. The number of urea groups is 2. The highest BCUT2D eigenvalue weighted by atomic mass is 16.3. The first-order valence-electron chi connectivity index (χ1n) is 27.1. The van der Waals surface area contributed by atoms with E-state index in [0.717, 1.165) is 4.90 Å². The second-order valence-electron chi connectivity index (χ2n) is 28.3.